The van der Waals surface area contributed by atoms with Crippen LogP contribution in [0.2, 0.25) is 10.0 Å². The highest BCUT2D eigenvalue weighted by molar-refractivity contribution is 9.11. The van der Waals surface area contributed by atoms with E-state index in [4.69, 9.17) is 23.2 Å². The van der Waals surface area contributed by atoms with Gasteiger partial charge in [0.05, 0.1) is 21.3 Å². The Morgan fingerprint density at radius 3 is 2.04 bits per heavy atom. The monoisotopic (exact) mass is 486 g/mol. The van der Waals surface area contributed by atoms with Crippen molar-refractivity contribution in [2.45, 2.75) is 12.4 Å². The highest BCUT2D eigenvalue weighted by Gasteiger charge is 2.40. The number of carbonyl (C=O) groups excluding carboxylic acids is 1. The SMILES string of the molecule is O=C(Nc1c(Cl)cc(C(F)(F)F)cc1Cl)c1sc(Br)nc1C(F)(F)F. The summed E-state index contributed by atoms with van der Waals surface area (Å²) in [6, 6.07) is 0.993. The Balaban J connectivity index is 2.40. The van der Waals surface area contributed by atoms with Crippen LogP contribution >= 0.6 is 50.5 Å². The van der Waals surface area contributed by atoms with E-state index in [0.717, 1.165) is 0 Å². The molecule has 0 aliphatic rings. The maximum atomic E-state index is 12.9. The van der Waals surface area contributed by atoms with Crippen molar-refractivity contribution < 1.29 is 31.1 Å². The van der Waals surface area contributed by atoms with E-state index in [1.165, 1.54) is 0 Å². The van der Waals surface area contributed by atoms with Crippen molar-refractivity contribution in [2.75, 3.05) is 5.32 Å². The fourth-order valence-electron chi connectivity index (χ4n) is 1.67. The van der Waals surface area contributed by atoms with Gasteiger partial charge in [-0.1, -0.05) is 23.2 Å². The Morgan fingerprint density at radius 1 is 1.08 bits per heavy atom. The lowest BCUT2D eigenvalue weighted by molar-refractivity contribution is -0.141. The number of hydrogen-bond donors (Lipinski definition) is 1. The molecule has 1 aromatic heterocycles. The highest BCUT2D eigenvalue weighted by atomic mass is 79.9. The second-order valence-corrected chi connectivity index (χ2v) is 7.50. The van der Waals surface area contributed by atoms with Crippen LogP contribution in [-0.2, 0) is 12.4 Å². The third kappa shape index (κ3) is 4.57. The number of carbonyl (C=O) groups is 1. The van der Waals surface area contributed by atoms with Crippen LogP contribution in [0.5, 0.6) is 0 Å². The summed E-state index contributed by atoms with van der Waals surface area (Å²) in [6.45, 7) is 0. The van der Waals surface area contributed by atoms with Crippen molar-refractivity contribution in [2.24, 2.45) is 0 Å². The maximum Gasteiger partial charge on any atom is 0.435 e. The first kappa shape index (κ1) is 20.3. The lowest BCUT2D eigenvalue weighted by Crippen LogP contribution is -2.18. The largest absolute Gasteiger partial charge is 0.435 e. The highest BCUT2D eigenvalue weighted by Crippen LogP contribution is 2.40. The van der Waals surface area contributed by atoms with Crippen LogP contribution in [-0.4, -0.2) is 10.9 Å². The average Bonchev–Trinajstić information content (AvgIpc) is 2.83. The molecule has 25 heavy (non-hydrogen) atoms. The van der Waals surface area contributed by atoms with E-state index in [1.54, 1.807) is 0 Å². The summed E-state index contributed by atoms with van der Waals surface area (Å²) in [6.07, 6.45) is -9.63. The number of thiazole rings is 1. The van der Waals surface area contributed by atoms with Gasteiger partial charge in [-0.05, 0) is 28.1 Å². The fraction of sp³-hybridized carbons (Fsp3) is 0.167. The van der Waals surface area contributed by atoms with E-state index >= 15 is 0 Å². The Bertz CT molecular complexity index is 813. The molecule has 0 saturated heterocycles. The molecule has 0 fully saturated rings. The predicted octanol–water partition coefficient (Wildman–Crippen LogP) is 6.50. The first-order valence-electron chi connectivity index (χ1n) is 5.92. The van der Waals surface area contributed by atoms with Crippen molar-refractivity contribution >= 4 is 62.1 Å². The van der Waals surface area contributed by atoms with E-state index in [-0.39, 0.29) is 3.92 Å². The Hall–Kier alpha value is -1.04. The summed E-state index contributed by atoms with van der Waals surface area (Å²) in [7, 11) is 0. The second-order valence-electron chi connectivity index (χ2n) is 4.41. The average molecular weight is 488 g/mol. The number of nitrogens with one attached hydrogen (secondary N) is 1. The molecule has 3 nitrogen and oxygen atoms in total. The number of anilines is 1. The number of benzene rings is 1. The zero-order chi connectivity index (χ0) is 19.2. The molecular weight excluding hydrogens is 485 g/mol. The van der Waals surface area contributed by atoms with Gasteiger partial charge >= 0.3 is 12.4 Å². The first-order chi connectivity index (χ1) is 11.3. The topological polar surface area (TPSA) is 42.0 Å². The maximum absolute atomic E-state index is 12.9. The molecule has 2 rings (SSSR count). The number of rotatable bonds is 2. The van der Waals surface area contributed by atoms with E-state index in [0.29, 0.717) is 23.5 Å². The lowest BCUT2D eigenvalue weighted by atomic mass is 10.2. The van der Waals surface area contributed by atoms with Gasteiger partial charge in [-0.2, -0.15) is 26.3 Å². The number of alkyl halides is 6. The normalized spacial score (nSPS) is 12.4. The number of aromatic nitrogens is 1. The van der Waals surface area contributed by atoms with Crippen LogP contribution in [0.4, 0.5) is 32.0 Å². The zero-order valence-corrected chi connectivity index (χ0v) is 15.2. The molecule has 13 heteroatoms. The van der Waals surface area contributed by atoms with Gasteiger partial charge in [0.25, 0.3) is 5.91 Å². The fourth-order valence-corrected chi connectivity index (χ4v) is 3.62. The number of halogens is 9. The molecule has 0 unspecified atom stereocenters. The second kappa shape index (κ2) is 6.93. The number of hydrogen-bond acceptors (Lipinski definition) is 3. The Labute approximate surface area is 158 Å². The molecule has 0 atom stereocenters. The molecule has 1 aromatic carbocycles. The molecule has 1 N–H and O–H groups in total. The van der Waals surface area contributed by atoms with Gasteiger partial charge in [0, 0.05) is 0 Å². The summed E-state index contributed by atoms with van der Waals surface area (Å²) >= 11 is 14.5. The van der Waals surface area contributed by atoms with Gasteiger partial charge in [-0.3, -0.25) is 4.79 Å². The molecule has 0 radical (unpaired) electrons. The van der Waals surface area contributed by atoms with E-state index in [9.17, 15) is 31.1 Å². The van der Waals surface area contributed by atoms with Gasteiger partial charge in [0.1, 0.15) is 4.88 Å². The molecule has 1 amide bonds. The molecule has 2 aromatic rings. The smallest absolute Gasteiger partial charge is 0.319 e. The summed E-state index contributed by atoms with van der Waals surface area (Å²) in [4.78, 5) is 14.5. The quantitative estimate of drug-likeness (QED) is 0.491. The van der Waals surface area contributed by atoms with Crippen molar-refractivity contribution in [3.05, 3.63) is 42.2 Å². The van der Waals surface area contributed by atoms with Crippen molar-refractivity contribution in [1.82, 2.24) is 4.98 Å². The summed E-state index contributed by atoms with van der Waals surface area (Å²) in [5.41, 5.74) is -3.06. The minimum absolute atomic E-state index is 0.199. The third-order valence-corrected chi connectivity index (χ3v) is 4.79. The third-order valence-electron chi connectivity index (χ3n) is 2.68. The number of nitrogens with zero attached hydrogens (tertiary/aromatic N) is 1. The molecule has 0 aliphatic carbocycles. The van der Waals surface area contributed by atoms with Gasteiger partial charge in [0.15, 0.2) is 9.61 Å². The number of amides is 1. The van der Waals surface area contributed by atoms with Crippen LogP contribution in [0.1, 0.15) is 20.9 Å². The first-order valence-corrected chi connectivity index (χ1v) is 8.28. The molecule has 1 heterocycles. The molecule has 0 saturated carbocycles. The zero-order valence-electron chi connectivity index (χ0n) is 11.3. The Kier molecular flexibility index (Phi) is 5.62. The van der Waals surface area contributed by atoms with E-state index in [1.807, 2.05) is 5.32 Å². The van der Waals surface area contributed by atoms with Gasteiger partial charge < -0.3 is 5.32 Å². The van der Waals surface area contributed by atoms with Crippen LogP contribution in [0.15, 0.2) is 16.0 Å². The molecule has 0 bridgehead atoms. The summed E-state index contributed by atoms with van der Waals surface area (Å²) < 4.78 is 76.4. The van der Waals surface area contributed by atoms with Crippen LogP contribution in [0.25, 0.3) is 0 Å². The minimum atomic E-state index is -4.90. The minimum Gasteiger partial charge on any atom is -0.319 e. The molecule has 0 aliphatic heterocycles. The van der Waals surface area contributed by atoms with Crippen molar-refractivity contribution in [1.29, 1.82) is 0 Å². The molecule has 136 valence electrons. The molecule has 0 spiro atoms. The van der Waals surface area contributed by atoms with Crippen LogP contribution in [0, 0.1) is 0 Å². The van der Waals surface area contributed by atoms with Gasteiger partial charge in [-0.15, -0.1) is 11.3 Å². The van der Waals surface area contributed by atoms with Crippen molar-refractivity contribution in [3.8, 4) is 0 Å². The van der Waals surface area contributed by atoms with Gasteiger partial charge in [0.2, 0.25) is 0 Å². The van der Waals surface area contributed by atoms with E-state index < -0.39 is 50.1 Å². The standard InChI is InChI=1S/C12H3BrCl2F6N2OS/c13-10-23-8(12(19,20)21)7(25-10)9(24)22-6-4(14)1-3(2-5(6)15)11(16,17)18/h1-2H,(H,22,24). The summed E-state index contributed by atoms with van der Waals surface area (Å²) in [5, 5.41) is 0.822. The van der Waals surface area contributed by atoms with Crippen LogP contribution < -0.4 is 5.32 Å². The predicted molar refractivity (Wildman–Crippen MR) is 84.2 cm³/mol. The van der Waals surface area contributed by atoms with Crippen LogP contribution in [0.3, 0.4) is 0 Å². The van der Waals surface area contributed by atoms with Crippen molar-refractivity contribution in [3.63, 3.8) is 0 Å². The van der Waals surface area contributed by atoms with E-state index in [2.05, 4.69) is 20.9 Å². The lowest BCUT2D eigenvalue weighted by Gasteiger charge is -2.13. The molecular formula is C12H3BrCl2F6N2OS. The van der Waals surface area contributed by atoms with Gasteiger partial charge in [-0.25, -0.2) is 4.98 Å². The summed E-state index contributed by atoms with van der Waals surface area (Å²) in [5.74, 6) is -1.26. The Morgan fingerprint density at radius 2 is 1.60 bits per heavy atom.